The second kappa shape index (κ2) is 4.72. The number of alkyl halides is 2. The monoisotopic (exact) mass is 182 g/mol. The van der Waals surface area contributed by atoms with Crippen LogP contribution in [0.3, 0.4) is 0 Å². The fourth-order valence-corrected chi connectivity index (χ4v) is 0.724. The van der Waals surface area contributed by atoms with E-state index in [2.05, 4.69) is 0 Å². The van der Waals surface area contributed by atoms with Crippen LogP contribution in [0, 0.1) is 0 Å². The van der Waals surface area contributed by atoms with Gasteiger partial charge in [-0.2, -0.15) is 0 Å². The quantitative estimate of drug-likeness (QED) is 0.702. The summed E-state index contributed by atoms with van der Waals surface area (Å²) in [4.78, 5) is 0. The van der Waals surface area contributed by atoms with Gasteiger partial charge in [-0.15, -0.1) is 0 Å². The first kappa shape index (κ1) is 11.8. The summed E-state index contributed by atoms with van der Waals surface area (Å²) < 4.78 is 28.6. The third-order valence-corrected chi connectivity index (χ3v) is 1.89. The molecule has 0 aromatic rings. The summed E-state index contributed by atoms with van der Waals surface area (Å²) in [5, 5.41) is 8.78. The molecule has 4 heteroatoms. The Morgan fingerprint density at radius 3 is 2.25 bits per heavy atom. The Balaban J connectivity index is 3.67. The van der Waals surface area contributed by atoms with E-state index in [4.69, 9.17) is 9.84 Å². The number of aliphatic hydroxyl groups is 1. The van der Waals surface area contributed by atoms with E-state index in [0.717, 1.165) is 0 Å². The molecule has 2 nitrogen and oxygen atoms in total. The highest BCUT2D eigenvalue weighted by atomic mass is 19.3. The molecule has 1 unspecified atom stereocenters. The summed E-state index contributed by atoms with van der Waals surface area (Å²) >= 11 is 0. The molecule has 0 aromatic carbocycles. The molecule has 0 aliphatic rings. The van der Waals surface area contributed by atoms with E-state index in [0.29, 0.717) is 6.42 Å². The van der Waals surface area contributed by atoms with Crippen LogP contribution in [-0.4, -0.2) is 30.3 Å². The van der Waals surface area contributed by atoms with Gasteiger partial charge in [0.25, 0.3) is 6.43 Å². The molecule has 0 spiro atoms. The molecule has 1 N–H and O–H groups in total. The van der Waals surface area contributed by atoms with Gasteiger partial charge >= 0.3 is 0 Å². The fraction of sp³-hybridized carbons (Fsp3) is 1.00. The van der Waals surface area contributed by atoms with Crippen molar-refractivity contribution in [3.8, 4) is 0 Å². The van der Waals surface area contributed by atoms with Crippen LogP contribution in [0.2, 0.25) is 0 Å². The molecule has 74 valence electrons. The molecule has 0 saturated heterocycles. The Kier molecular flexibility index (Phi) is 4.63. The molecule has 0 fully saturated rings. The van der Waals surface area contributed by atoms with E-state index in [-0.39, 0.29) is 6.42 Å². The maximum atomic E-state index is 11.8. The second-order valence-corrected chi connectivity index (χ2v) is 3.40. The smallest absolute Gasteiger partial charge is 0.264 e. The zero-order valence-corrected chi connectivity index (χ0v) is 7.68. The van der Waals surface area contributed by atoms with E-state index < -0.39 is 18.1 Å². The summed E-state index contributed by atoms with van der Waals surface area (Å²) in [6, 6.07) is 0. The molecular formula is C8H16F2O2. The van der Waals surface area contributed by atoms with Crippen LogP contribution in [0.15, 0.2) is 0 Å². The minimum Gasteiger partial charge on any atom is -0.387 e. The van der Waals surface area contributed by atoms with Crippen LogP contribution in [0.5, 0.6) is 0 Å². The number of halogens is 2. The van der Waals surface area contributed by atoms with Gasteiger partial charge in [-0.1, -0.05) is 0 Å². The highest BCUT2D eigenvalue weighted by Gasteiger charge is 2.22. The van der Waals surface area contributed by atoms with Gasteiger partial charge in [0.15, 0.2) is 0 Å². The van der Waals surface area contributed by atoms with Crippen LogP contribution in [0.25, 0.3) is 0 Å². The highest BCUT2D eigenvalue weighted by molar-refractivity contribution is 4.70. The maximum Gasteiger partial charge on any atom is 0.264 e. The molecule has 0 aromatic heterocycles. The van der Waals surface area contributed by atoms with Crippen molar-refractivity contribution in [2.75, 3.05) is 7.11 Å². The predicted molar refractivity (Wildman–Crippen MR) is 42.3 cm³/mol. The topological polar surface area (TPSA) is 29.5 Å². The molecule has 0 saturated carbocycles. The molecule has 0 aliphatic carbocycles. The van der Waals surface area contributed by atoms with Gasteiger partial charge in [0, 0.05) is 7.11 Å². The normalized spacial score (nSPS) is 15.2. The maximum absolute atomic E-state index is 11.8. The molecule has 0 bridgehead atoms. The van der Waals surface area contributed by atoms with Crippen LogP contribution in [0.4, 0.5) is 8.78 Å². The van der Waals surface area contributed by atoms with Crippen molar-refractivity contribution in [2.45, 2.75) is 44.8 Å². The van der Waals surface area contributed by atoms with Gasteiger partial charge in [0.1, 0.15) is 6.10 Å². The Hall–Kier alpha value is -0.220. The Morgan fingerprint density at radius 1 is 1.42 bits per heavy atom. The average Bonchev–Trinajstić information content (AvgIpc) is 2.00. The molecular weight excluding hydrogens is 166 g/mol. The van der Waals surface area contributed by atoms with Crippen molar-refractivity contribution >= 4 is 0 Å². The minimum atomic E-state index is -2.65. The molecule has 12 heavy (non-hydrogen) atoms. The van der Waals surface area contributed by atoms with E-state index in [1.807, 2.05) is 0 Å². The number of methoxy groups -OCH3 is 1. The molecule has 0 radical (unpaired) electrons. The van der Waals surface area contributed by atoms with Crippen molar-refractivity contribution in [2.24, 2.45) is 0 Å². The van der Waals surface area contributed by atoms with Gasteiger partial charge in [-0.05, 0) is 26.7 Å². The summed E-state index contributed by atoms with van der Waals surface area (Å²) in [5.41, 5.74) is -0.435. The minimum absolute atomic E-state index is 0.0680. The first-order valence-corrected chi connectivity index (χ1v) is 3.90. The number of rotatable bonds is 5. The summed E-state index contributed by atoms with van der Waals surface area (Å²) in [6.07, 6.45) is -3.69. The number of hydrogen-bond donors (Lipinski definition) is 1. The zero-order valence-electron chi connectivity index (χ0n) is 7.68. The molecule has 0 heterocycles. The third kappa shape index (κ3) is 4.62. The van der Waals surface area contributed by atoms with Crippen molar-refractivity contribution in [1.82, 2.24) is 0 Å². The van der Waals surface area contributed by atoms with Crippen molar-refractivity contribution in [3.63, 3.8) is 0 Å². The van der Waals surface area contributed by atoms with Crippen molar-refractivity contribution in [1.29, 1.82) is 0 Å². The molecule has 1 atom stereocenters. The van der Waals surface area contributed by atoms with Gasteiger partial charge in [-0.25, -0.2) is 8.78 Å². The van der Waals surface area contributed by atoms with Crippen LogP contribution >= 0.6 is 0 Å². The largest absolute Gasteiger partial charge is 0.387 e. The Bertz CT molecular complexity index is 126. The van der Waals surface area contributed by atoms with Gasteiger partial charge in [-0.3, -0.25) is 0 Å². The van der Waals surface area contributed by atoms with Crippen LogP contribution in [0.1, 0.15) is 26.7 Å². The lowest BCUT2D eigenvalue weighted by Gasteiger charge is -2.23. The third-order valence-electron chi connectivity index (χ3n) is 1.89. The summed E-state index contributed by atoms with van der Waals surface area (Å²) in [7, 11) is 1.52. The molecule has 0 amide bonds. The fourth-order valence-electron chi connectivity index (χ4n) is 0.724. The van der Waals surface area contributed by atoms with Crippen LogP contribution < -0.4 is 0 Å². The average molecular weight is 182 g/mol. The van der Waals surface area contributed by atoms with E-state index in [1.165, 1.54) is 7.11 Å². The predicted octanol–water partition coefficient (Wildman–Crippen LogP) is 1.82. The van der Waals surface area contributed by atoms with Gasteiger partial charge in [0.2, 0.25) is 0 Å². The lowest BCUT2D eigenvalue weighted by atomic mass is 10.0. The Labute approximate surface area is 71.5 Å². The van der Waals surface area contributed by atoms with Crippen molar-refractivity contribution in [3.05, 3.63) is 0 Å². The first-order valence-electron chi connectivity index (χ1n) is 3.90. The zero-order chi connectivity index (χ0) is 9.78. The first-order chi connectivity index (χ1) is 5.39. The van der Waals surface area contributed by atoms with Gasteiger partial charge < -0.3 is 9.84 Å². The lowest BCUT2D eigenvalue weighted by Crippen LogP contribution is -2.27. The number of hydrogen-bond acceptors (Lipinski definition) is 2. The standard InChI is InChI=1S/C8H16F2O2/c1-8(2,12-3)5-4-6(11)7(9)10/h6-7,11H,4-5H2,1-3H3. The van der Waals surface area contributed by atoms with E-state index in [1.54, 1.807) is 13.8 Å². The van der Waals surface area contributed by atoms with Crippen LogP contribution in [-0.2, 0) is 4.74 Å². The summed E-state index contributed by atoms with van der Waals surface area (Å²) in [6.45, 7) is 3.59. The summed E-state index contributed by atoms with van der Waals surface area (Å²) in [5.74, 6) is 0. The lowest BCUT2D eigenvalue weighted by molar-refractivity contribution is -0.0364. The SMILES string of the molecule is COC(C)(C)CCC(O)C(F)F. The van der Waals surface area contributed by atoms with E-state index >= 15 is 0 Å². The highest BCUT2D eigenvalue weighted by Crippen LogP contribution is 2.18. The molecule has 0 aliphatic heterocycles. The van der Waals surface area contributed by atoms with E-state index in [9.17, 15) is 8.78 Å². The van der Waals surface area contributed by atoms with Crippen molar-refractivity contribution < 1.29 is 18.6 Å². The molecule has 0 rings (SSSR count). The van der Waals surface area contributed by atoms with Gasteiger partial charge in [0.05, 0.1) is 5.60 Å². The number of ether oxygens (including phenoxy) is 1. The Morgan fingerprint density at radius 2 is 1.92 bits per heavy atom. The second-order valence-electron chi connectivity index (χ2n) is 3.40. The number of aliphatic hydroxyl groups excluding tert-OH is 1.